The van der Waals surface area contributed by atoms with Gasteiger partial charge in [0.05, 0.1) is 17.1 Å². The molecular formula is C22H25F3N4O3. The van der Waals surface area contributed by atoms with E-state index in [0.29, 0.717) is 47.5 Å². The van der Waals surface area contributed by atoms with Gasteiger partial charge in [-0.2, -0.15) is 0 Å². The molecule has 7 nitrogen and oxygen atoms in total. The molecule has 0 bridgehead atoms. The quantitative estimate of drug-likeness (QED) is 0.377. The summed E-state index contributed by atoms with van der Waals surface area (Å²) in [6.45, 7) is 1.45. The van der Waals surface area contributed by atoms with Crippen molar-refractivity contribution >= 4 is 16.9 Å². The van der Waals surface area contributed by atoms with Gasteiger partial charge in [-0.25, -0.2) is 23.1 Å². The fraction of sp³-hybridized carbons (Fsp3) is 0.409. The average Bonchev–Trinajstić information content (AvgIpc) is 2.73. The molecule has 0 aliphatic rings. The maximum Gasteiger partial charge on any atom is 0.266 e. The highest BCUT2D eigenvalue weighted by atomic mass is 19.3. The summed E-state index contributed by atoms with van der Waals surface area (Å²) in [6, 6.07) is 5.46. The van der Waals surface area contributed by atoms with Crippen LogP contribution in [0.1, 0.15) is 48.2 Å². The average molecular weight is 450 g/mol. The van der Waals surface area contributed by atoms with Crippen molar-refractivity contribution in [1.29, 1.82) is 0 Å². The standard InChI is InChI=1S/C22H25F3N4O3/c1-12-27-20(26-11-14-5-3-7-16(18(14)23)19(24)25)17-10-13(22(32)29-21(17)28-12)4-2-6-15(31)8-9-30/h3,5,7,10,15,19,30-31H,2,4,6,8-9,11H2,1H3,(H2,26,27,28,29,32). The lowest BCUT2D eigenvalue weighted by Gasteiger charge is -2.13. The van der Waals surface area contributed by atoms with E-state index in [0.717, 1.165) is 6.07 Å². The molecule has 172 valence electrons. The first-order valence-corrected chi connectivity index (χ1v) is 10.3. The SMILES string of the molecule is Cc1nc(NCc2cccc(C(F)F)c2F)c2cc(CCCC(O)CCO)c(=O)[nH]c2n1. The Kier molecular flexibility index (Phi) is 7.81. The van der Waals surface area contributed by atoms with Crippen LogP contribution in [0.25, 0.3) is 11.0 Å². The Labute approximate surface area is 182 Å². The molecule has 1 atom stereocenters. The van der Waals surface area contributed by atoms with Gasteiger partial charge in [0, 0.05) is 24.3 Å². The van der Waals surface area contributed by atoms with Crippen molar-refractivity contribution in [2.75, 3.05) is 11.9 Å². The number of anilines is 1. The van der Waals surface area contributed by atoms with Gasteiger partial charge in [-0.15, -0.1) is 0 Å². The second-order valence-electron chi connectivity index (χ2n) is 7.54. The molecule has 3 rings (SSSR count). The number of aliphatic hydroxyl groups excluding tert-OH is 2. The van der Waals surface area contributed by atoms with Crippen LogP contribution in [0.5, 0.6) is 0 Å². The summed E-state index contributed by atoms with van der Waals surface area (Å²) >= 11 is 0. The highest BCUT2D eigenvalue weighted by molar-refractivity contribution is 5.86. The van der Waals surface area contributed by atoms with Crippen molar-refractivity contribution in [2.24, 2.45) is 0 Å². The van der Waals surface area contributed by atoms with E-state index in [9.17, 15) is 23.1 Å². The van der Waals surface area contributed by atoms with Gasteiger partial charge >= 0.3 is 0 Å². The highest BCUT2D eigenvalue weighted by Crippen LogP contribution is 2.25. The Morgan fingerprint density at radius 1 is 1.19 bits per heavy atom. The molecule has 10 heteroatoms. The zero-order valence-electron chi connectivity index (χ0n) is 17.5. The third-order valence-corrected chi connectivity index (χ3v) is 5.14. The number of hydrogen-bond donors (Lipinski definition) is 4. The van der Waals surface area contributed by atoms with Gasteiger partial charge < -0.3 is 20.5 Å². The van der Waals surface area contributed by atoms with Crippen LogP contribution < -0.4 is 10.9 Å². The number of benzene rings is 1. The first-order chi connectivity index (χ1) is 15.3. The maximum atomic E-state index is 14.4. The van der Waals surface area contributed by atoms with E-state index >= 15 is 0 Å². The number of hydrogen-bond acceptors (Lipinski definition) is 6. The van der Waals surface area contributed by atoms with E-state index in [4.69, 9.17) is 5.11 Å². The molecule has 0 spiro atoms. The Morgan fingerprint density at radius 2 is 1.97 bits per heavy atom. The summed E-state index contributed by atoms with van der Waals surface area (Å²) in [5.74, 6) is -0.259. The van der Waals surface area contributed by atoms with Crippen LogP contribution in [0.4, 0.5) is 19.0 Å². The number of rotatable bonds is 10. The molecule has 1 unspecified atom stereocenters. The third kappa shape index (κ3) is 5.63. The highest BCUT2D eigenvalue weighted by Gasteiger charge is 2.17. The molecule has 1 aromatic carbocycles. The maximum absolute atomic E-state index is 14.4. The largest absolute Gasteiger partial charge is 0.396 e. The lowest BCUT2D eigenvalue weighted by molar-refractivity contribution is 0.123. The van der Waals surface area contributed by atoms with Gasteiger partial charge in [-0.05, 0) is 38.7 Å². The molecule has 0 amide bonds. The number of aromatic amines is 1. The minimum absolute atomic E-state index is 0.0646. The first-order valence-electron chi connectivity index (χ1n) is 10.3. The predicted octanol–water partition coefficient (Wildman–Crippen LogP) is 3.38. The van der Waals surface area contributed by atoms with Crippen LogP contribution in [0.2, 0.25) is 0 Å². The van der Waals surface area contributed by atoms with Crippen molar-refractivity contribution in [3.63, 3.8) is 0 Å². The zero-order valence-corrected chi connectivity index (χ0v) is 17.5. The number of halogens is 3. The summed E-state index contributed by atoms with van der Waals surface area (Å²) in [6.07, 6.45) is -1.91. The van der Waals surface area contributed by atoms with Gasteiger partial charge in [0.25, 0.3) is 12.0 Å². The molecule has 0 radical (unpaired) electrons. The molecule has 0 aliphatic carbocycles. The Morgan fingerprint density at radius 3 is 2.69 bits per heavy atom. The second kappa shape index (κ2) is 10.6. The lowest BCUT2D eigenvalue weighted by Crippen LogP contribution is -2.16. The van der Waals surface area contributed by atoms with E-state index in [2.05, 4.69) is 20.3 Å². The molecule has 2 aromatic heterocycles. The van der Waals surface area contributed by atoms with Crippen molar-refractivity contribution in [1.82, 2.24) is 15.0 Å². The smallest absolute Gasteiger partial charge is 0.266 e. The number of nitrogens with one attached hydrogen (secondary N) is 2. The number of nitrogens with zero attached hydrogens (tertiary/aromatic N) is 2. The van der Waals surface area contributed by atoms with Gasteiger partial charge in [0.15, 0.2) is 0 Å². The topological polar surface area (TPSA) is 111 Å². The Balaban J connectivity index is 1.85. The number of fused-ring (bicyclic) bond motifs is 1. The molecule has 0 saturated heterocycles. The van der Waals surface area contributed by atoms with E-state index in [-0.39, 0.29) is 30.7 Å². The fourth-order valence-corrected chi connectivity index (χ4v) is 3.47. The molecule has 0 saturated carbocycles. The van der Waals surface area contributed by atoms with E-state index in [1.807, 2.05) is 0 Å². The van der Waals surface area contributed by atoms with Crippen molar-refractivity contribution in [3.05, 3.63) is 63.0 Å². The lowest BCUT2D eigenvalue weighted by atomic mass is 10.0. The summed E-state index contributed by atoms with van der Waals surface area (Å²) in [4.78, 5) is 23.7. The van der Waals surface area contributed by atoms with Gasteiger partial charge in [-0.3, -0.25) is 4.79 Å². The minimum Gasteiger partial charge on any atom is -0.396 e. The van der Waals surface area contributed by atoms with Crippen molar-refractivity contribution < 1.29 is 23.4 Å². The number of aliphatic hydroxyl groups is 2. The summed E-state index contributed by atoms with van der Waals surface area (Å²) in [5, 5.41) is 22.1. The number of aryl methyl sites for hydroxylation is 2. The van der Waals surface area contributed by atoms with Gasteiger partial charge in [0.2, 0.25) is 0 Å². The van der Waals surface area contributed by atoms with E-state index in [1.165, 1.54) is 12.1 Å². The summed E-state index contributed by atoms with van der Waals surface area (Å²) < 4.78 is 40.3. The van der Waals surface area contributed by atoms with Gasteiger partial charge in [0.1, 0.15) is 23.1 Å². The summed E-state index contributed by atoms with van der Waals surface area (Å²) in [7, 11) is 0. The summed E-state index contributed by atoms with van der Waals surface area (Å²) in [5.41, 5.74) is -0.141. The zero-order chi connectivity index (χ0) is 23.3. The Bertz CT molecular complexity index is 1140. The molecular weight excluding hydrogens is 425 g/mol. The predicted molar refractivity (Wildman–Crippen MR) is 114 cm³/mol. The number of alkyl halides is 2. The number of aromatic nitrogens is 3. The van der Waals surface area contributed by atoms with Crippen molar-refractivity contribution in [3.8, 4) is 0 Å². The van der Waals surface area contributed by atoms with Crippen LogP contribution in [-0.4, -0.2) is 37.9 Å². The molecule has 3 aromatic rings. The van der Waals surface area contributed by atoms with Crippen LogP contribution in [0, 0.1) is 12.7 Å². The molecule has 0 fully saturated rings. The number of H-pyrrole nitrogens is 1. The molecule has 32 heavy (non-hydrogen) atoms. The molecule has 4 N–H and O–H groups in total. The monoisotopic (exact) mass is 450 g/mol. The number of pyridine rings is 1. The van der Waals surface area contributed by atoms with E-state index < -0.39 is 23.9 Å². The minimum atomic E-state index is -2.92. The van der Waals surface area contributed by atoms with E-state index in [1.54, 1.807) is 13.0 Å². The van der Waals surface area contributed by atoms with Crippen LogP contribution in [-0.2, 0) is 13.0 Å². The molecule has 0 aliphatic heterocycles. The normalized spacial score (nSPS) is 12.5. The van der Waals surface area contributed by atoms with Crippen LogP contribution >= 0.6 is 0 Å². The third-order valence-electron chi connectivity index (χ3n) is 5.14. The second-order valence-corrected chi connectivity index (χ2v) is 7.54. The first kappa shape index (κ1) is 23.7. The van der Waals surface area contributed by atoms with Crippen molar-refractivity contribution in [2.45, 2.75) is 51.7 Å². The van der Waals surface area contributed by atoms with Crippen LogP contribution in [0.3, 0.4) is 0 Å². The molecule has 2 heterocycles. The fourth-order valence-electron chi connectivity index (χ4n) is 3.47. The Hall–Kier alpha value is -2.98. The van der Waals surface area contributed by atoms with Gasteiger partial charge in [-0.1, -0.05) is 18.2 Å². The van der Waals surface area contributed by atoms with Crippen LogP contribution in [0.15, 0.2) is 29.1 Å².